The minimum Gasteiger partial charge on any atom is -0.378 e. The van der Waals surface area contributed by atoms with Gasteiger partial charge in [0.1, 0.15) is 11.9 Å². The minimum atomic E-state index is -0.459. The summed E-state index contributed by atoms with van der Waals surface area (Å²) in [5, 5.41) is 16.3. The Morgan fingerprint density at radius 1 is 1.47 bits per heavy atom. The van der Waals surface area contributed by atoms with Gasteiger partial charge in [0.05, 0.1) is 16.9 Å². The summed E-state index contributed by atoms with van der Waals surface area (Å²) in [6.45, 7) is 2.35. The molecule has 0 spiro atoms. The second-order valence-electron chi connectivity index (χ2n) is 4.26. The van der Waals surface area contributed by atoms with Crippen LogP contribution in [-0.2, 0) is 20.0 Å². The predicted molar refractivity (Wildman–Crippen MR) is 71.0 cm³/mol. The van der Waals surface area contributed by atoms with Crippen molar-refractivity contribution in [3.63, 3.8) is 0 Å². The van der Waals surface area contributed by atoms with Crippen molar-refractivity contribution in [1.82, 2.24) is 9.78 Å². The van der Waals surface area contributed by atoms with E-state index in [9.17, 15) is 4.39 Å². The number of anilines is 1. The topological polar surface area (TPSA) is 53.6 Å². The lowest BCUT2D eigenvalue weighted by molar-refractivity contribution is 0.609. The van der Waals surface area contributed by atoms with Crippen molar-refractivity contribution in [2.45, 2.75) is 19.9 Å². The van der Waals surface area contributed by atoms with Crippen LogP contribution in [0.2, 0.25) is 0 Å². The van der Waals surface area contributed by atoms with Crippen LogP contribution >= 0.6 is 0 Å². The van der Waals surface area contributed by atoms with Gasteiger partial charge < -0.3 is 5.32 Å². The molecule has 2 rings (SSSR count). The molecule has 0 amide bonds. The number of rotatable bonds is 4. The van der Waals surface area contributed by atoms with Crippen molar-refractivity contribution < 1.29 is 4.39 Å². The quantitative estimate of drug-likeness (QED) is 0.917. The smallest absolute Gasteiger partial charge is 0.145 e. The zero-order valence-electron chi connectivity index (χ0n) is 10.9. The van der Waals surface area contributed by atoms with E-state index in [4.69, 9.17) is 5.26 Å². The van der Waals surface area contributed by atoms with E-state index >= 15 is 0 Å². The molecule has 19 heavy (non-hydrogen) atoms. The highest BCUT2D eigenvalue weighted by Crippen LogP contribution is 2.17. The van der Waals surface area contributed by atoms with Crippen LogP contribution < -0.4 is 5.32 Å². The second-order valence-corrected chi connectivity index (χ2v) is 4.26. The molecule has 0 fully saturated rings. The van der Waals surface area contributed by atoms with Crippen molar-refractivity contribution in [3.05, 3.63) is 47.0 Å². The predicted octanol–water partition coefficient (Wildman–Crippen LogP) is 2.61. The first-order chi connectivity index (χ1) is 9.15. The van der Waals surface area contributed by atoms with Gasteiger partial charge >= 0.3 is 0 Å². The summed E-state index contributed by atoms with van der Waals surface area (Å²) < 4.78 is 15.6. The summed E-state index contributed by atoms with van der Waals surface area (Å²) >= 11 is 0. The Morgan fingerprint density at radius 3 is 2.95 bits per heavy atom. The first-order valence-electron chi connectivity index (χ1n) is 6.09. The second kappa shape index (κ2) is 5.53. The van der Waals surface area contributed by atoms with E-state index in [1.807, 2.05) is 26.2 Å². The van der Waals surface area contributed by atoms with E-state index in [1.165, 1.54) is 6.07 Å². The molecule has 1 N–H and O–H groups in total. The van der Waals surface area contributed by atoms with Crippen LogP contribution in [0.1, 0.15) is 23.7 Å². The summed E-state index contributed by atoms with van der Waals surface area (Å²) in [4.78, 5) is 0. The van der Waals surface area contributed by atoms with E-state index in [0.29, 0.717) is 12.1 Å². The molecular weight excluding hydrogens is 243 g/mol. The summed E-state index contributed by atoms with van der Waals surface area (Å²) in [6, 6.07) is 6.67. The number of nitrogens with one attached hydrogen (secondary N) is 1. The van der Waals surface area contributed by atoms with E-state index in [-0.39, 0.29) is 5.56 Å². The largest absolute Gasteiger partial charge is 0.378 e. The minimum absolute atomic E-state index is 0.0706. The first kappa shape index (κ1) is 13.1. The Balaban J connectivity index is 2.17. The van der Waals surface area contributed by atoms with E-state index < -0.39 is 5.82 Å². The molecule has 1 aromatic heterocycles. The molecule has 98 valence electrons. The van der Waals surface area contributed by atoms with Crippen molar-refractivity contribution in [3.8, 4) is 6.07 Å². The number of hydrogen-bond acceptors (Lipinski definition) is 3. The fourth-order valence-corrected chi connectivity index (χ4v) is 1.94. The summed E-state index contributed by atoms with van der Waals surface area (Å²) in [7, 11) is 1.85. The zero-order valence-corrected chi connectivity index (χ0v) is 10.9. The van der Waals surface area contributed by atoms with Crippen LogP contribution in [0.3, 0.4) is 0 Å². The molecule has 2 aromatic rings. The number of benzene rings is 1. The van der Waals surface area contributed by atoms with E-state index in [0.717, 1.165) is 17.8 Å². The maximum atomic E-state index is 13.9. The molecule has 0 bridgehead atoms. The monoisotopic (exact) mass is 258 g/mol. The van der Waals surface area contributed by atoms with Crippen LogP contribution in [-0.4, -0.2) is 9.78 Å². The molecule has 1 heterocycles. The van der Waals surface area contributed by atoms with Gasteiger partial charge in [0, 0.05) is 25.4 Å². The molecule has 0 aliphatic carbocycles. The van der Waals surface area contributed by atoms with Crippen molar-refractivity contribution in [2.75, 3.05) is 5.32 Å². The van der Waals surface area contributed by atoms with Gasteiger partial charge in [-0.05, 0) is 12.5 Å². The Bertz CT molecular complexity index is 625. The molecule has 0 radical (unpaired) electrons. The molecule has 5 heteroatoms. The number of nitrogens with zero attached hydrogens (tertiary/aromatic N) is 3. The number of aromatic nitrogens is 2. The van der Waals surface area contributed by atoms with Crippen LogP contribution in [0.5, 0.6) is 0 Å². The fraction of sp³-hybridized carbons (Fsp3) is 0.286. The maximum absolute atomic E-state index is 13.9. The number of nitriles is 1. The van der Waals surface area contributed by atoms with Crippen LogP contribution in [0.4, 0.5) is 10.1 Å². The van der Waals surface area contributed by atoms with Crippen molar-refractivity contribution >= 4 is 5.69 Å². The van der Waals surface area contributed by atoms with Gasteiger partial charge in [-0.25, -0.2) is 4.39 Å². The first-order valence-corrected chi connectivity index (χ1v) is 6.09. The van der Waals surface area contributed by atoms with E-state index in [1.54, 1.807) is 16.8 Å². The molecular formula is C14H15FN4. The average Bonchev–Trinajstić information content (AvgIpc) is 2.78. The van der Waals surface area contributed by atoms with Gasteiger partial charge in [-0.2, -0.15) is 10.4 Å². The van der Waals surface area contributed by atoms with Crippen LogP contribution in [0, 0.1) is 17.1 Å². The van der Waals surface area contributed by atoms with Crippen molar-refractivity contribution in [1.29, 1.82) is 5.26 Å². The highest BCUT2D eigenvalue weighted by atomic mass is 19.1. The molecule has 0 atom stereocenters. The maximum Gasteiger partial charge on any atom is 0.145 e. The standard InChI is InChI=1S/C14H15FN4/c1-3-12-13(9-19(2)18-12)17-8-11-6-4-5-10(7-16)14(11)15/h4-6,9,17H,3,8H2,1-2H3. The number of aryl methyl sites for hydroxylation is 2. The van der Waals surface area contributed by atoms with Gasteiger partial charge in [-0.15, -0.1) is 0 Å². The third-order valence-electron chi connectivity index (χ3n) is 2.91. The lowest BCUT2D eigenvalue weighted by Gasteiger charge is -2.07. The molecule has 0 saturated heterocycles. The Kier molecular flexibility index (Phi) is 3.81. The Labute approximate surface area is 111 Å². The SMILES string of the molecule is CCc1nn(C)cc1NCc1cccc(C#N)c1F. The lowest BCUT2D eigenvalue weighted by atomic mass is 10.1. The molecule has 4 nitrogen and oxygen atoms in total. The normalized spacial score (nSPS) is 10.2. The zero-order chi connectivity index (χ0) is 13.8. The third-order valence-corrected chi connectivity index (χ3v) is 2.91. The summed E-state index contributed by atoms with van der Waals surface area (Å²) in [5.41, 5.74) is 2.39. The summed E-state index contributed by atoms with van der Waals surface area (Å²) in [5.74, 6) is -0.459. The fourth-order valence-electron chi connectivity index (χ4n) is 1.94. The molecule has 0 saturated carbocycles. The van der Waals surface area contributed by atoms with Crippen LogP contribution in [0.15, 0.2) is 24.4 Å². The molecule has 0 unspecified atom stereocenters. The highest BCUT2D eigenvalue weighted by Gasteiger charge is 2.09. The third kappa shape index (κ3) is 2.74. The van der Waals surface area contributed by atoms with Crippen LogP contribution in [0.25, 0.3) is 0 Å². The number of halogens is 1. The highest BCUT2D eigenvalue weighted by molar-refractivity contribution is 5.47. The Morgan fingerprint density at radius 2 is 2.26 bits per heavy atom. The van der Waals surface area contributed by atoms with Crippen molar-refractivity contribution in [2.24, 2.45) is 7.05 Å². The molecule has 0 aliphatic rings. The molecule has 1 aromatic carbocycles. The van der Waals surface area contributed by atoms with Gasteiger partial charge in [0.2, 0.25) is 0 Å². The number of hydrogen-bond donors (Lipinski definition) is 1. The van der Waals surface area contributed by atoms with Gasteiger partial charge in [-0.1, -0.05) is 19.1 Å². The average molecular weight is 258 g/mol. The lowest BCUT2D eigenvalue weighted by Crippen LogP contribution is -2.04. The van der Waals surface area contributed by atoms with Gasteiger partial charge in [0.15, 0.2) is 0 Å². The Hall–Kier alpha value is -2.35. The molecule has 0 aliphatic heterocycles. The van der Waals surface area contributed by atoms with E-state index in [2.05, 4.69) is 10.4 Å². The summed E-state index contributed by atoms with van der Waals surface area (Å²) in [6.07, 6.45) is 2.68. The van der Waals surface area contributed by atoms with Gasteiger partial charge in [-0.3, -0.25) is 4.68 Å². The van der Waals surface area contributed by atoms with Gasteiger partial charge in [0.25, 0.3) is 0 Å².